The summed E-state index contributed by atoms with van der Waals surface area (Å²) in [7, 11) is 2.20. The van der Waals surface area contributed by atoms with E-state index in [1.165, 1.54) is 75.6 Å². The summed E-state index contributed by atoms with van der Waals surface area (Å²) in [6, 6.07) is 18.7. The quantitative estimate of drug-likeness (QED) is 0.175. The zero-order valence-corrected chi connectivity index (χ0v) is 22.1. The van der Waals surface area contributed by atoms with Crippen molar-refractivity contribution in [1.29, 1.82) is 0 Å². The second kappa shape index (κ2) is 7.33. The largest absolute Gasteiger partial charge is 0.222 e. The van der Waals surface area contributed by atoms with E-state index in [9.17, 15) is 0 Å². The van der Waals surface area contributed by atoms with Gasteiger partial charge in [0.1, 0.15) is 7.05 Å². The highest BCUT2D eigenvalue weighted by atomic mass is 32.2. The highest BCUT2D eigenvalue weighted by Crippen LogP contribution is 2.53. The molecule has 0 radical (unpaired) electrons. The Morgan fingerprint density at radius 1 is 0.765 bits per heavy atom. The van der Waals surface area contributed by atoms with Gasteiger partial charge in [-0.25, -0.2) is 4.57 Å². The molecule has 1 aromatic heterocycles. The molecule has 4 aromatic carbocycles. The molecule has 34 heavy (non-hydrogen) atoms. The van der Waals surface area contributed by atoms with Crippen LogP contribution in [0.1, 0.15) is 43.0 Å². The standard InChI is InChI=1S/C32H32NS/c1-18-8-10-24-19(2)27-29-28-22(12-13-33(29)7)16-23-15-21(17-32(4,5)6)9-11-25(23)31(28)34-30(27)20(3)26(24)14-18/h8-16H,17H2,1-7H3/q+1. The smallest absolute Gasteiger partial charge is 0.200 e. The molecule has 0 atom stereocenters. The van der Waals surface area contributed by atoms with Crippen molar-refractivity contribution in [2.45, 2.75) is 57.8 Å². The number of rotatable bonds is 1. The van der Waals surface area contributed by atoms with Crippen molar-refractivity contribution >= 4 is 44.1 Å². The topological polar surface area (TPSA) is 3.88 Å². The van der Waals surface area contributed by atoms with E-state index in [0.29, 0.717) is 0 Å². The highest BCUT2D eigenvalue weighted by molar-refractivity contribution is 8.00. The van der Waals surface area contributed by atoms with Crippen LogP contribution in [0.4, 0.5) is 0 Å². The average molecular weight is 463 g/mol. The Morgan fingerprint density at radius 2 is 1.53 bits per heavy atom. The lowest BCUT2D eigenvalue weighted by Gasteiger charge is -2.25. The number of aryl methyl sites for hydroxylation is 4. The van der Waals surface area contributed by atoms with E-state index in [-0.39, 0.29) is 5.41 Å². The molecule has 1 aliphatic heterocycles. The predicted octanol–water partition coefficient (Wildman–Crippen LogP) is 8.62. The second-order valence-corrected chi connectivity index (χ2v) is 12.4. The van der Waals surface area contributed by atoms with Gasteiger partial charge in [0.25, 0.3) is 0 Å². The summed E-state index contributed by atoms with van der Waals surface area (Å²) in [6.07, 6.45) is 3.32. The lowest BCUT2D eigenvalue weighted by molar-refractivity contribution is -0.659. The predicted molar refractivity (Wildman–Crippen MR) is 147 cm³/mol. The second-order valence-electron chi connectivity index (χ2n) is 11.3. The van der Waals surface area contributed by atoms with Crippen molar-refractivity contribution in [1.82, 2.24) is 0 Å². The van der Waals surface area contributed by atoms with Gasteiger partial charge in [-0.15, -0.1) is 0 Å². The maximum Gasteiger partial charge on any atom is 0.222 e. The van der Waals surface area contributed by atoms with Gasteiger partial charge < -0.3 is 0 Å². The summed E-state index contributed by atoms with van der Waals surface area (Å²) in [5.74, 6) is 0. The van der Waals surface area contributed by atoms with Crippen LogP contribution in [0.15, 0.2) is 64.5 Å². The molecule has 170 valence electrons. The van der Waals surface area contributed by atoms with E-state index in [4.69, 9.17) is 0 Å². The zero-order chi connectivity index (χ0) is 23.9. The molecule has 0 N–H and O–H groups in total. The fourth-order valence-electron chi connectivity index (χ4n) is 5.82. The summed E-state index contributed by atoms with van der Waals surface area (Å²) in [6.45, 7) is 13.8. The van der Waals surface area contributed by atoms with Gasteiger partial charge in [0.2, 0.25) is 5.69 Å². The van der Waals surface area contributed by atoms with Gasteiger partial charge in [0.05, 0.1) is 10.9 Å². The van der Waals surface area contributed by atoms with E-state index in [0.717, 1.165) is 6.42 Å². The van der Waals surface area contributed by atoms with Crippen LogP contribution in [0.25, 0.3) is 43.6 Å². The highest BCUT2D eigenvalue weighted by Gasteiger charge is 2.32. The van der Waals surface area contributed by atoms with Crippen molar-refractivity contribution < 1.29 is 4.57 Å². The van der Waals surface area contributed by atoms with Crippen LogP contribution in [0.3, 0.4) is 0 Å². The summed E-state index contributed by atoms with van der Waals surface area (Å²) >= 11 is 1.98. The van der Waals surface area contributed by atoms with Crippen LogP contribution >= 0.6 is 11.8 Å². The van der Waals surface area contributed by atoms with Gasteiger partial charge in [-0.05, 0) is 82.3 Å². The van der Waals surface area contributed by atoms with Crippen molar-refractivity contribution in [2.24, 2.45) is 12.5 Å². The first-order chi connectivity index (χ1) is 16.1. The number of benzene rings is 4. The average Bonchev–Trinajstić information content (AvgIpc) is 2.77. The van der Waals surface area contributed by atoms with Crippen LogP contribution in [-0.4, -0.2) is 0 Å². The van der Waals surface area contributed by atoms with Gasteiger partial charge in [-0.1, -0.05) is 74.5 Å². The lowest BCUT2D eigenvalue weighted by atomic mass is 9.87. The van der Waals surface area contributed by atoms with Gasteiger partial charge >= 0.3 is 0 Å². The van der Waals surface area contributed by atoms with E-state index < -0.39 is 0 Å². The molecule has 0 amide bonds. The summed E-state index contributed by atoms with van der Waals surface area (Å²) in [5, 5.41) is 8.21. The first kappa shape index (κ1) is 21.7. The van der Waals surface area contributed by atoms with Crippen LogP contribution in [0.5, 0.6) is 0 Å². The molecule has 0 bridgehead atoms. The Labute approximate surface area is 206 Å². The van der Waals surface area contributed by atoms with Crippen molar-refractivity contribution in [3.63, 3.8) is 0 Å². The molecule has 1 nitrogen and oxygen atoms in total. The van der Waals surface area contributed by atoms with Crippen LogP contribution in [0, 0.1) is 26.2 Å². The minimum Gasteiger partial charge on any atom is -0.200 e. The Hall–Kier alpha value is -2.84. The number of hydrogen-bond acceptors (Lipinski definition) is 1. The minimum absolute atomic E-state index is 0.279. The molecule has 1 aliphatic rings. The fraction of sp³-hybridized carbons (Fsp3) is 0.281. The van der Waals surface area contributed by atoms with Crippen molar-refractivity contribution in [2.75, 3.05) is 0 Å². The third-order valence-corrected chi connectivity index (χ3v) is 8.70. The number of nitrogens with zero attached hydrogens (tertiary/aromatic N) is 1. The maximum absolute atomic E-state index is 2.42. The first-order valence-electron chi connectivity index (χ1n) is 12.2. The van der Waals surface area contributed by atoms with Crippen molar-refractivity contribution in [3.05, 3.63) is 77.0 Å². The van der Waals surface area contributed by atoms with Crippen molar-refractivity contribution in [3.8, 4) is 11.3 Å². The van der Waals surface area contributed by atoms with E-state index in [2.05, 4.69) is 108 Å². The number of hydrogen-bond donors (Lipinski definition) is 0. The Morgan fingerprint density at radius 3 is 2.29 bits per heavy atom. The molecule has 2 heterocycles. The van der Waals surface area contributed by atoms with E-state index in [1.54, 1.807) is 0 Å². The molecule has 0 saturated carbocycles. The van der Waals surface area contributed by atoms with Crippen LogP contribution < -0.4 is 4.57 Å². The fourth-order valence-corrected chi connectivity index (χ4v) is 7.25. The molecule has 0 unspecified atom stereocenters. The zero-order valence-electron chi connectivity index (χ0n) is 21.3. The number of fused-ring (bicyclic) bond motifs is 5. The number of aromatic nitrogens is 1. The summed E-state index contributed by atoms with van der Waals surface area (Å²) < 4.78 is 2.33. The molecular weight excluding hydrogens is 430 g/mol. The van der Waals surface area contributed by atoms with Gasteiger partial charge in [-0.2, -0.15) is 0 Å². The Bertz CT molecular complexity index is 1670. The third-order valence-electron chi connectivity index (χ3n) is 7.36. The molecule has 0 aliphatic carbocycles. The monoisotopic (exact) mass is 462 g/mol. The summed E-state index contributed by atoms with van der Waals surface area (Å²) in [5.41, 5.74) is 8.56. The van der Waals surface area contributed by atoms with Gasteiger partial charge in [0, 0.05) is 15.9 Å². The summed E-state index contributed by atoms with van der Waals surface area (Å²) in [4.78, 5) is 2.82. The van der Waals surface area contributed by atoms with Crippen LogP contribution in [0.2, 0.25) is 0 Å². The SMILES string of the molecule is Cc1ccc2c(C)c3c(c(C)c2c1)Sc1c2ccc(CC(C)(C)C)cc2cc2cc[n+](C)c-3c12. The van der Waals surface area contributed by atoms with E-state index >= 15 is 0 Å². The Balaban J connectivity index is 1.72. The van der Waals surface area contributed by atoms with Crippen LogP contribution in [-0.2, 0) is 13.5 Å². The maximum atomic E-state index is 2.42. The first-order valence-corrected chi connectivity index (χ1v) is 13.0. The molecular formula is C32H32NS+. The molecule has 2 heteroatoms. The molecule has 6 rings (SSSR count). The Kier molecular flexibility index (Phi) is 4.67. The third kappa shape index (κ3) is 3.19. The normalized spacial score (nSPS) is 13.1. The van der Waals surface area contributed by atoms with E-state index in [1.807, 2.05) is 11.8 Å². The molecule has 0 spiro atoms. The molecule has 5 aromatic rings. The number of pyridine rings is 1. The minimum atomic E-state index is 0.279. The molecule has 0 saturated heterocycles. The van der Waals surface area contributed by atoms with Gasteiger partial charge in [0.15, 0.2) is 6.20 Å². The van der Waals surface area contributed by atoms with Gasteiger partial charge in [-0.3, -0.25) is 0 Å². The molecule has 0 fully saturated rings. The lowest BCUT2D eigenvalue weighted by Crippen LogP contribution is -2.31.